The maximum atomic E-state index is 12.4. The van der Waals surface area contributed by atoms with Crippen LogP contribution in [0.3, 0.4) is 0 Å². The number of likely N-dealkylation sites (N-methyl/N-ethyl adjacent to an activating group) is 1. The van der Waals surface area contributed by atoms with Crippen LogP contribution < -0.4 is 15.8 Å². The Hall–Kier alpha value is -2.99. The van der Waals surface area contributed by atoms with E-state index in [1.54, 1.807) is 10.5 Å². The van der Waals surface area contributed by atoms with Crippen molar-refractivity contribution in [2.45, 2.75) is 26.8 Å². The normalized spacial score (nSPS) is 12.1. The minimum Gasteiger partial charge on any atom is -0.325 e. The number of hydrogen-bond donors (Lipinski definition) is 2. The molecule has 1 unspecified atom stereocenters. The Morgan fingerprint density at radius 3 is 2.74 bits per heavy atom. The van der Waals surface area contributed by atoms with Gasteiger partial charge in [0.2, 0.25) is 0 Å². The highest BCUT2D eigenvalue weighted by molar-refractivity contribution is 5.92. The van der Waals surface area contributed by atoms with Gasteiger partial charge in [-0.05, 0) is 37.1 Å². The zero-order chi connectivity index (χ0) is 19.4. The maximum absolute atomic E-state index is 12.4. The van der Waals surface area contributed by atoms with E-state index in [2.05, 4.69) is 17.2 Å². The third-order valence-corrected chi connectivity index (χ3v) is 4.55. The molecule has 2 N–H and O–H groups in total. The van der Waals surface area contributed by atoms with Gasteiger partial charge >= 0.3 is 0 Å². The zero-order valence-electron chi connectivity index (χ0n) is 16.0. The van der Waals surface area contributed by atoms with Crippen LogP contribution in [0, 0.1) is 6.92 Å². The van der Waals surface area contributed by atoms with Crippen LogP contribution in [0.25, 0.3) is 5.65 Å². The Morgan fingerprint density at radius 1 is 1.19 bits per heavy atom. The topological polar surface area (TPSA) is 67.9 Å². The molecule has 1 atom stereocenters. The summed E-state index contributed by atoms with van der Waals surface area (Å²) in [6.07, 6.45) is 0.865. The predicted octanol–water partition coefficient (Wildman–Crippen LogP) is 1.22. The number of carbonyl (C=O) groups excluding carboxylic acids is 1. The molecule has 3 rings (SSSR count). The van der Waals surface area contributed by atoms with Crippen molar-refractivity contribution in [3.63, 3.8) is 0 Å². The standard InChI is InChI=1S/C21H24N4O2/c1-4-16-9-5-6-10-18(16)23-20(26)14-24(3)13-17-12-21(27)25-15(2)8-7-11-19(25)22-17/h5-12H,4,13-14H2,1-3H3,(H,23,26)/p+1. The molecule has 2 heterocycles. The third kappa shape index (κ3) is 4.41. The van der Waals surface area contributed by atoms with E-state index < -0.39 is 0 Å². The van der Waals surface area contributed by atoms with Gasteiger partial charge in [0, 0.05) is 17.4 Å². The monoisotopic (exact) mass is 365 g/mol. The molecule has 1 amide bonds. The summed E-state index contributed by atoms with van der Waals surface area (Å²) in [6.45, 7) is 4.75. The molecule has 6 nitrogen and oxygen atoms in total. The summed E-state index contributed by atoms with van der Waals surface area (Å²) in [6, 6.07) is 15.0. The zero-order valence-corrected chi connectivity index (χ0v) is 16.0. The first kappa shape index (κ1) is 18.8. The van der Waals surface area contributed by atoms with Gasteiger partial charge in [-0.25, -0.2) is 4.98 Å². The van der Waals surface area contributed by atoms with Crippen LogP contribution in [0.1, 0.15) is 23.9 Å². The third-order valence-electron chi connectivity index (χ3n) is 4.55. The highest BCUT2D eigenvalue weighted by Crippen LogP contribution is 2.14. The Labute approximate surface area is 158 Å². The number of hydrogen-bond acceptors (Lipinski definition) is 3. The predicted molar refractivity (Wildman–Crippen MR) is 106 cm³/mol. The van der Waals surface area contributed by atoms with Crippen molar-refractivity contribution in [3.8, 4) is 0 Å². The van der Waals surface area contributed by atoms with Gasteiger partial charge in [-0.1, -0.05) is 31.2 Å². The number of anilines is 1. The van der Waals surface area contributed by atoms with E-state index >= 15 is 0 Å². The first-order chi connectivity index (χ1) is 13.0. The van der Waals surface area contributed by atoms with Crippen molar-refractivity contribution in [2.75, 3.05) is 18.9 Å². The molecule has 1 aromatic carbocycles. The van der Waals surface area contributed by atoms with Gasteiger partial charge in [-0.3, -0.25) is 14.0 Å². The quantitative estimate of drug-likeness (QED) is 0.690. The molecule has 0 radical (unpaired) electrons. The number of aromatic nitrogens is 2. The van der Waals surface area contributed by atoms with Crippen LogP contribution in [-0.2, 0) is 17.8 Å². The SMILES string of the molecule is CCc1ccccc1NC(=O)C[NH+](C)Cc1cc(=O)n2c(C)cccc2n1. The lowest BCUT2D eigenvalue weighted by atomic mass is 10.1. The van der Waals surface area contributed by atoms with Crippen LogP contribution >= 0.6 is 0 Å². The van der Waals surface area contributed by atoms with Crippen LogP contribution in [-0.4, -0.2) is 28.9 Å². The van der Waals surface area contributed by atoms with Crippen LogP contribution in [0.5, 0.6) is 0 Å². The first-order valence-corrected chi connectivity index (χ1v) is 9.15. The summed E-state index contributed by atoms with van der Waals surface area (Å²) in [5.74, 6) is -0.0539. The highest BCUT2D eigenvalue weighted by Gasteiger charge is 2.14. The second-order valence-electron chi connectivity index (χ2n) is 6.82. The lowest BCUT2D eigenvalue weighted by Gasteiger charge is -2.15. The number of amides is 1. The lowest BCUT2D eigenvalue weighted by molar-refractivity contribution is -0.885. The molecule has 6 heteroatoms. The van der Waals surface area contributed by atoms with Gasteiger partial charge in [0.15, 0.2) is 6.54 Å². The van der Waals surface area contributed by atoms with Crippen molar-refractivity contribution in [3.05, 3.63) is 75.8 Å². The number of fused-ring (bicyclic) bond motifs is 1. The number of rotatable bonds is 6. The number of pyridine rings is 1. The largest absolute Gasteiger partial charge is 0.325 e. The van der Waals surface area contributed by atoms with Crippen LogP contribution in [0.2, 0.25) is 0 Å². The van der Waals surface area contributed by atoms with Gasteiger partial charge in [0.05, 0.1) is 7.05 Å². The Morgan fingerprint density at radius 2 is 1.96 bits per heavy atom. The molecular formula is C21H25N4O2+. The van der Waals surface area contributed by atoms with Crippen LogP contribution in [0.15, 0.2) is 53.3 Å². The van der Waals surface area contributed by atoms with Gasteiger partial charge in [-0.2, -0.15) is 0 Å². The summed E-state index contributed by atoms with van der Waals surface area (Å²) in [4.78, 5) is 30.3. The lowest BCUT2D eigenvalue weighted by Crippen LogP contribution is -3.08. The van der Waals surface area contributed by atoms with Gasteiger partial charge in [-0.15, -0.1) is 0 Å². The minimum absolute atomic E-state index is 0.0539. The molecule has 0 aliphatic rings. The number of aryl methyl sites for hydroxylation is 2. The number of nitrogens with zero attached hydrogens (tertiary/aromatic N) is 2. The summed E-state index contributed by atoms with van der Waals surface area (Å²) in [7, 11) is 1.92. The van der Waals surface area contributed by atoms with Crippen molar-refractivity contribution in [1.29, 1.82) is 0 Å². The van der Waals surface area contributed by atoms with Gasteiger partial charge in [0.25, 0.3) is 11.5 Å². The summed E-state index contributed by atoms with van der Waals surface area (Å²) in [5.41, 5.74) is 4.04. The number of para-hydroxylation sites is 1. The van der Waals surface area contributed by atoms with E-state index in [9.17, 15) is 9.59 Å². The molecule has 0 saturated carbocycles. The molecule has 0 bridgehead atoms. The minimum atomic E-state index is -0.0952. The van der Waals surface area contributed by atoms with E-state index in [0.29, 0.717) is 24.4 Å². The molecular weight excluding hydrogens is 340 g/mol. The average molecular weight is 365 g/mol. The molecule has 0 fully saturated rings. The molecule has 0 aliphatic carbocycles. The van der Waals surface area contributed by atoms with Crippen molar-refractivity contribution >= 4 is 17.2 Å². The summed E-state index contributed by atoms with van der Waals surface area (Å²) >= 11 is 0. The van der Waals surface area contributed by atoms with E-state index in [4.69, 9.17) is 0 Å². The molecule has 2 aromatic heterocycles. The van der Waals surface area contributed by atoms with E-state index in [1.165, 1.54) is 0 Å². The average Bonchev–Trinajstić information content (AvgIpc) is 2.61. The van der Waals surface area contributed by atoms with E-state index in [1.807, 2.05) is 56.4 Å². The first-order valence-electron chi connectivity index (χ1n) is 9.15. The summed E-state index contributed by atoms with van der Waals surface area (Å²) in [5, 5.41) is 2.98. The molecule has 27 heavy (non-hydrogen) atoms. The molecule has 0 saturated heterocycles. The fraction of sp³-hybridized carbons (Fsp3) is 0.286. The molecule has 0 aliphatic heterocycles. The number of benzene rings is 1. The number of carbonyl (C=O) groups is 1. The Bertz CT molecular complexity index is 1030. The fourth-order valence-corrected chi connectivity index (χ4v) is 3.24. The Kier molecular flexibility index (Phi) is 5.66. The highest BCUT2D eigenvalue weighted by atomic mass is 16.2. The van der Waals surface area contributed by atoms with Crippen molar-refractivity contribution in [1.82, 2.24) is 9.38 Å². The fourth-order valence-electron chi connectivity index (χ4n) is 3.24. The second kappa shape index (κ2) is 8.14. The second-order valence-corrected chi connectivity index (χ2v) is 6.82. The van der Waals surface area contributed by atoms with Crippen LogP contribution in [0.4, 0.5) is 5.69 Å². The smallest absolute Gasteiger partial charge is 0.279 e. The molecule has 3 aromatic rings. The Balaban J connectivity index is 1.69. The van der Waals surface area contributed by atoms with Gasteiger partial charge < -0.3 is 10.2 Å². The number of nitrogens with one attached hydrogen (secondary N) is 2. The van der Waals surface area contributed by atoms with Gasteiger partial charge in [0.1, 0.15) is 17.9 Å². The molecule has 0 spiro atoms. The van der Waals surface area contributed by atoms with E-state index in [0.717, 1.165) is 28.3 Å². The molecule has 140 valence electrons. The maximum Gasteiger partial charge on any atom is 0.279 e. The van der Waals surface area contributed by atoms with E-state index in [-0.39, 0.29) is 11.5 Å². The number of quaternary nitrogens is 1. The van der Waals surface area contributed by atoms with Crippen molar-refractivity contribution in [2.24, 2.45) is 0 Å². The summed E-state index contributed by atoms with van der Waals surface area (Å²) < 4.78 is 1.59. The van der Waals surface area contributed by atoms with Crippen molar-refractivity contribution < 1.29 is 9.69 Å².